The number of hydrogen-bond donors (Lipinski definition) is 3. The first-order valence-electron chi connectivity index (χ1n) is 7.59. The molecule has 3 rings (SSSR count). The highest BCUT2D eigenvalue weighted by Crippen LogP contribution is 2.29. The largest absolute Gasteiger partial charge is 0.358 e. The fourth-order valence-electron chi connectivity index (χ4n) is 2.94. The zero-order valence-electron chi connectivity index (χ0n) is 12.9. The monoisotopic (exact) mass is 334 g/mol. The number of imide groups is 1. The molecule has 7 heteroatoms. The van der Waals surface area contributed by atoms with E-state index in [-0.39, 0.29) is 5.91 Å². The van der Waals surface area contributed by atoms with Crippen LogP contribution in [0.25, 0.3) is 10.9 Å². The summed E-state index contributed by atoms with van der Waals surface area (Å²) in [5.74, 6) is -0.267. The Kier molecular flexibility index (Phi) is 4.54. The van der Waals surface area contributed by atoms with Gasteiger partial charge in [-0.25, -0.2) is 4.79 Å². The van der Waals surface area contributed by atoms with Crippen LogP contribution in [0.5, 0.6) is 0 Å². The molecule has 0 aliphatic carbocycles. The number of nitrogens with zero attached hydrogens (tertiary/aromatic N) is 1. The number of benzene rings is 1. The van der Waals surface area contributed by atoms with Crippen LogP contribution in [0, 0.1) is 0 Å². The highest BCUT2D eigenvalue weighted by Gasteiger charge is 2.21. The molecule has 1 aliphatic heterocycles. The summed E-state index contributed by atoms with van der Waals surface area (Å²) in [4.78, 5) is 28.5. The summed E-state index contributed by atoms with van der Waals surface area (Å²) >= 11 is 6.10. The van der Waals surface area contributed by atoms with Gasteiger partial charge in [-0.1, -0.05) is 11.6 Å². The second kappa shape index (κ2) is 6.60. The molecule has 3 N–H and O–H groups in total. The summed E-state index contributed by atoms with van der Waals surface area (Å²) < 4.78 is 0. The second-order valence-electron chi connectivity index (χ2n) is 5.68. The van der Waals surface area contributed by atoms with E-state index in [0.717, 1.165) is 35.4 Å². The molecule has 0 radical (unpaired) electrons. The van der Waals surface area contributed by atoms with E-state index in [2.05, 4.69) is 20.5 Å². The minimum Gasteiger partial charge on any atom is -0.358 e. The van der Waals surface area contributed by atoms with Crippen LogP contribution in [0.2, 0.25) is 5.02 Å². The third-order valence-corrected chi connectivity index (χ3v) is 4.39. The first-order valence-corrected chi connectivity index (χ1v) is 7.97. The van der Waals surface area contributed by atoms with E-state index >= 15 is 0 Å². The highest BCUT2D eigenvalue weighted by molar-refractivity contribution is 6.31. The topological polar surface area (TPSA) is 77.2 Å². The minimum absolute atomic E-state index is 0.267. The van der Waals surface area contributed by atoms with Crippen LogP contribution in [0.3, 0.4) is 0 Å². The molecule has 2 heterocycles. The summed E-state index contributed by atoms with van der Waals surface area (Å²) in [5, 5.41) is 6.52. The van der Waals surface area contributed by atoms with Crippen LogP contribution in [0.15, 0.2) is 18.2 Å². The number of hydrogen-bond acceptors (Lipinski definition) is 3. The van der Waals surface area contributed by atoms with E-state index in [1.165, 1.54) is 18.3 Å². The number of urea groups is 1. The number of amides is 3. The number of aromatic nitrogens is 1. The normalized spacial score (nSPS) is 14.5. The van der Waals surface area contributed by atoms with Crippen molar-refractivity contribution in [3.8, 4) is 0 Å². The molecule has 23 heavy (non-hydrogen) atoms. The maximum absolute atomic E-state index is 11.7. The van der Waals surface area contributed by atoms with Crippen LogP contribution in [0.1, 0.15) is 17.7 Å². The van der Waals surface area contributed by atoms with Crippen molar-refractivity contribution in [1.29, 1.82) is 0 Å². The van der Waals surface area contributed by atoms with Gasteiger partial charge in [0.25, 0.3) is 0 Å². The molecule has 1 aromatic heterocycles. The lowest BCUT2D eigenvalue weighted by atomic mass is 10.0. The Hall–Kier alpha value is -2.05. The first-order chi connectivity index (χ1) is 11.1. The van der Waals surface area contributed by atoms with Crippen molar-refractivity contribution in [2.75, 3.05) is 20.1 Å². The van der Waals surface area contributed by atoms with Crippen LogP contribution in [-0.2, 0) is 17.8 Å². The van der Waals surface area contributed by atoms with Gasteiger partial charge in [0.1, 0.15) is 0 Å². The van der Waals surface area contributed by atoms with E-state index in [4.69, 9.17) is 11.6 Å². The molecule has 0 saturated carbocycles. The van der Waals surface area contributed by atoms with Crippen molar-refractivity contribution in [1.82, 2.24) is 20.5 Å². The lowest BCUT2D eigenvalue weighted by Gasteiger charge is -2.26. The lowest BCUT2D eigenvalue weighted by Crippen LogP contribution is -2.39. The number of halogens is 1. The zero-order valence-corrected chi connectivity index (χ0v) is 13.7. The average Bonchev–Trinajstić information content (AvgIpc) is 2.90. The van der Waals surface area contributed by atoms with E-state index in [1.807, 2.05) is 18.2 Å². The van der Waals surface area contributed by atoms with Crippen LogP contribution in [-0.4, -0.2) is 42.0 Å². The number of carbonyl (C=O) groups excluding carboxylic acids is 2. The van der Waals surface area contributed by atoms with Crippen molar-refractivity contribution in [3.05, 3.63) is 34.5 Å². The van der Waals surface area contributed by atoms with Crippen LogP contribution < -0.4 is 10.6 Å². The predicted octanol–water partition coefficient (Wildman–Crippen LogP) is 2.03. The SMILES string of the molecule is CNC(=O)NC(=O)CCN1CCc2[nH]c3ccc(Cl)cc3c2C1. The molecule has 1 aromatic carbocycles. The van der Waals surface area contributed by atoms with Gasteiger partial charge >= 0.3 is 6.03 Å². The molecule has 2 aromatic rings. The first kappa shape index (κ1) is 15.8. The molecule has 0 unspecified atom stereocenters. The molecule has 0 saturated heterocycles. The van der Waals surface area contributed by atoms with Gasteiger partial charge in [-0.15, -0.1) is 0 Å². The Morgan fingerprint density at radius 3 is 3.00 bits per heavy atom. The highest BCUT2D eigenvalue weighted by atomic mass is 35.5. The Labute approximate surface area is 139 Å². The maximum Gasteiger partial charge on any atom is 0.321 e. The molecular formula is C16H19ClN4O2. The third kappa shape index (κ3) is 3.48. The maximum atomic E-state index is 11.7. The molecule has 0 spiro atoms. The Bertz CT molecular complexity index is 756. The van der Waals surface area contributed by atoms with Gasteiger partial charge in [-0.05, 0) is 23.8 Å². The molecule has 0 atom stereocenters. The van der Waals surface area contributed by atoms with Crippen molar-refractivity contribution >= 4 is 34.4 Å². The third-order valence-electron chi connectivity index (χ3n) is 4.15. The zero-order chi connectivity index (χ0) is 16.4. The second-order valence-corrected chi connectivity index (χ2v) is 6.11. The Morgan fingerprint density at radius 2 is 2.22 bits per heavy atom. The van der Waals surface area contributed by atoms with E-state index < -0.39 is 6.03 Å². The molecule has 1 aliphatic rings. The van der Waals surface area contributed by atoms with E-state index in [9.17, 15) is 9.59 Å². The predicted molar refractivity (Wildman–Crippen MR) is 89.5 cm³/mol. The molecule has 0 fully saturated rings. The molecule has 3 amide bonds. The van der Waals surface area contributed by atoms with Gasteiger partial charge in [0, 0.05) is 61.1 Å². The van der Waals surface area contributed by atoms with Crippen molar-refractivity contribution in [2.24, 2.45) is 0 Å². The number of H-pyrrole nitrogens is 1. The van der Waals surface area contributed by atoms with Gasteiger partial charge in [0.15, 0.2) is 0 Å². The van der Waals surface area contributed by atoms with Gasteiger partial charge < -0.3 is 10.3 Å². The van der Waals surface area contributed by atoms with Crippen molar-refractivity contribution < 1.29 is 9.59 Å². The Balaban J connectivity index is 1.66. The van der Waals surface area contributed by atoms with Crippen LogP contribution >= 0.6 is 11.6 Å². The summed E-state index contributed by atoms with van der Waals surface area (Å²) in [5.41, 5.74) is 3.59. The minimum atomic E-state index is -0.470. The van der Waals surface area contributed by atoms with Gasteiger partial charge in [-0.2, -0.15) is 0 Å². The number of fused-ring (bicyclic) bond motifs is 3. The van der Waals surface area contributed by atoms with E-state index in [0.29, 0.717) is 13.0 Å². The molecular weight excluding hydrogens is 316 g/mol. The van der Waals surface area contributed by atoms with E-state index in [1.54, 1.807) is 0 Å². The molecule has 122 valence electrons. The standard InChI is InChI=1S/C16H19ClN4O2/c1-18-16(23)20-15(22)5-7-21-6-4-14-12(9-21)11-8-10(17)2-3-13(11)19-14/h2-3,8,19H,4-7,9H2,1H3,(H2,18,20,22,23). The summed E-state index contributed by atoms with van der Waals surface area (Å²) in [6.07, 6.45) is 1.21. The van der Waals surface area contributed by atoms with Gasteiger partial charge in [0.2, 0.25) is 5.91 Å². The van der Waals surface area contributed by atoms with Crippen LogP contribution in [0.4, 0.5) is 4.79 Å². The Morgan fingerprint density at radius 1 is 1.39 bits per heavy atom. The fraction of sp³-hybridized carbons (Fsp3) is 0.375. The number of aromatic amines is 1. The summed E-state index contributed by atoms with van der Waals surface area (Å²) in [6.45, 7) is 2.29. The summed E-state index contributed by atoms with van der Waals surface area (Å²) in [7, 11) is 1.48. The fourth-order valence-corrected chi connectivity index (χ4v) is 3.12. The number of rotatable bonds is 3. The van der Waals surface area contributed by atoms with Crippen molar-refractivity contribution in [3.63, 3.8) is 0 Å². The number of nitrogens with one attached hydrogen (secondary N) is 3. The van der Waals surface area contributed by atoms with Gasteiger partial charge in [0.05, 0.1) is 0 Å². The van der Waals surface area contributed by atoms with Gasteiger partial charge in [-0.3, -0.25) is 15.0 Å². The molecule has 0 bridgehead atoms. The molecule has 6 nitrogen and oxygen atoms in total. The smallest absolute Gasteiger partial charge is 0.321 e. The number of carbonyl (C=O) groups is 2. The van der Waals surface area contributed by atoms with Crippen molar-refractivity contribution in [2.45, 2.75) is 19.4 Å². The summed E-state index contributed by atoms with van der Waals surface area (Å²) in [6, 6.07) is 5.39. The quantitative estimate of drug-likeness (QED) is 0.803. The lowest BCUT2D eigenvalue weighted by molar-refractivity contribution is -0.120. The average molecular weight is 335 g/mol.